The first kappa shape index (κ1) is 14.6. The van der Waals surface area contributed by atoms with E-state index < -0.39 is 0 Å². The van der Waals surface area contributed by atoms with E-state index in [1.807, 2.05) is 35.9 Å². The van der Waals surface area contributed by atoms with Gasteiger partial charge in [0.15, 0.2) is 0 Å². The number of hydrogen-bond acceptors (Lipinski definition) is 4. The zero-order chi connectivity index (χ0) is 14.4. The molecule has 20 heavy (non-hydrogen) atoms. The van der Waals surface area contributed by atoms with Crippen LogP contribution in [0.15, 0.2) is 46.7 Å². The van der Waals surface area contributed by atoms with Gasteiger partial charge in [-0.05, 0) is 42.0 Å². The van der Waals surface area contributed by atoms with Crippen LogP contribution in [0.2, 0.25) is 0 Å². The Balaban J connectivity index is 1.81. The van der Waals surface area contributed by atoms with Crippen LogP contribution >= 0.6 is 23.1 Å². The molecule has 0 spiro atoms. The van der Waals surface area contributed by atoms with Gasteiger partial charge in [-0.1, -0.05) is 6.07 Å². The van der Waals surface area contributed by atoms with Gasteiger partial charge in [0.25, 0.3) is 5.91 Å². The summed E-state index contributed by atoms with van der Waals surface area (Å²) in [6.07, 6.45) is 1.99. The van der Waals surface area contributed by atoms with E-state index in [9.17, 15) is 9.59 Å². The molecule has 2 amide bonds. The summed E-state index contributed by atoms with van der Waals surface area (Å²) >= 11 is 2.99. The Labute approximate surface area is 125 Å². The van der Waals surface area contributed by atoms with Crippen LogP contribution in [0.1, 0.15) is 9.67 Å². The Kier molecular flexibility index (Phi) is 5.20. The van der Waals surface area contributed by atoms with Crippen LogP contribution in [0, 0.1) is 0 Å². The van der Waals surface area contributed by atoms with Crippen molar-refractivity contribution in [1.82, 2.24) is 5.32 Å². The summed E-state index contributed by atoms with van der Waals surface area (Å²) in [5.74, 6) is -0.473. The molecule has 1 aromatic heterocycles. The first-order valence-corrected chi connectivity index (χ1v) is 8.05. The second-order valence-corrected chi connectivity index (χ2v) is 5.76. The SMILES string of the molecule is CSc1ccc(NC(=O)CNC(=O)c2cccs2)cc1. The van der Waals surface area contributed by atoms with Crippen LogP contribution < -0.4 is 10.6 Å². The fraction of sp³-hybridized carbons (Fsp3) is 0.143. The van der Waals surface area contributed by atoms with Gasteiger partial charge < -0.3 is 10.6 Å². The molecule has 1 heterocycles. The summed E-state index contributed by atoms with van der Waals surface area (Å²) in [5.41, 5.74) is 0.721. The first-order valence-electron chi connectivity index (χ1n) is 5.94. The smallest absolute Gasteiger partial charge is 0.261 e. The highest BCUT2D eigenvalue weighted by Gasteiger charge is 2.08. The highest BCUT2D eigenvalue weighted by molar-refractivity contribution is 7.98. The lowest BCUT2D eigenvalue weighted by Gasteiger charge is -2.06. The van der Waals surface area contributed by atoms with Crippen molar-refractivity contribution < 1.29 is 9.59 Å². The minimum atomic E-state index is -0.244. The fourth-order valence-electron chi connectivity index (χ4n) is 1.53. The lowest BCUT2D eigenvalue weighted by atomic mass is 10.3. The molecule has 4 nitrogen and oxygen atoms in total. The molecule has 104 valence electrons. The second-order valence-electron chi connectivity index (χ2n) is 3.94. The Morgan fingerprint density at radius 3 is 2.55 bits per heavy atom. The average Bonchev–Trinajstić information content (AvgIpc) is 3.00. The van der Waals surface area contributed by atoms with E-state index in [0.29, 0.717) is 4.88 Å². The highest BCUT2D eigenvalue weighted by atomic mass is 32.2. The molecule has 2 aromatic rings. The average molecular weight is 306 g/mol. The van der Waals surface area contributed by atoms with E-state index in [4.69, 9.17) is 0 Å². The third kappa shape index (κ3) is 4.11. The quantitative estimate of drug-likeness (QED) is 0.835. The molecule has 0 radical (unpaired) electrons. The molecule has 1 aromatic carbocycles. The van der Waals surface area contributed by atoms with Gasteiger partial charge in [0.1, 0.15) is 0 Å². The Morgan fingerprint density at radius 2 is 1.95 bits per heavy atom. The van der Waals surface area contributed by atoms with Crippen LogP contribution in [0.3, 0.4) is 0 Å². The summed E-state index contributed by atoms with van der Waals surface area (Å²) < 4.78 is 0. The number of carbonyl (C=O) groups excluding carboxylic acids is 2. The summed E-state index contributed by atoms with van der Waals surface area (Å²) in [5, 5.41) is 7.14. The molecule has 0 atom stereocenters. The van der Waals surface area contributed by atoms with Gasteiger partial charge in [-0.15, -0.1) is 23.1 Å². The zero-order valence-corrected chi connectivity index (χ0v) is 12.5. The predicted molar refractivity (Wildman–Crippen MR) is 83.5 cm³/mol. The van der Waals surface area contributed by atoms with Crippen LogP contribution in [0.4, 0.5) is 5.69 Å². The number of rotatable bonds is 5. The lowest BCUT2D eigenvalue weighted by Crippen LogP contribution is -2.32. The largest absolute Gasteiger partial charge is 0.342 e. The zero-order valence-electron chi connectivity index (χ0n) is 10.9. The van der Waals surface area contributed by atoms with Gasteiger partial charge in [-0.3, -0.25) is 9.59 Å². The Morgan fingerprint density at radius 1 is 1.20 bits per heavy atom. The summed E-state index contributed by atoms with van der Waals surface area (Å²) in [4.78, 5) is 25.1. The van der Waals surface area contributed by atoms with Gasteiger partial charge in [0, 0.05) is 10.6 Å². The minimum absolute atomic E-state index is 0.0407. The lowest BCUT2D eigenvalue weighted by molar-refractivity contribution is -0.115. The number of benzene rings is 1. The summed E-state index contributed by atoms with van der Waals surface area (Å²) in [6.45, 7) is -0.0407. The van der Waals surface area contributed by atoms with Crippen molar-refractivity contribution in [3.63, 3.8) is 0 Å². The third-order valence-electron chi connectivity index (χ3n) is 2.53. The van der Waals surface area contributed by atoms with Gasteiger partial charge in [-0.25, -0.2) is 0 Å². The molecule has 2 rings (SSSR count). The molecule has 0 aliphatic carbocycles. The fourth-order valence-corrected chi connectivity index (χ4v) is 2.58. The van der Waals surface area contributed by atoms with E-state index in [1.165, 1.54) is 11.3 Å². The van der Waals surface area contributed by atoms with E-state index in [2.05, 4.69) is 10.6 Å². The monoisotopic (exact) mass is 306 g/mol. The molecule has 0 bridgehead atoms. The van der Waals surface area contributed by atoms with Crippen molar-refractivity contribution in [2.24, 2.45) is 0 Å². The van der Waals surface area contributed by atoms with Gasteiger partial charge >= 0.3 is 0 Å². The number of amides is 2. The maximum absolute atomic E-state index is 11.7. The van der Waals surface area contributed by atoms with Crippen LogP contribution in [-0.2, 0) is 4.79 Å². The number of carbonyl (C=O) groups is 2. The number of thiophene rings is 1. The first-order chi connectivity index (χ1) is 9.69. The topological polar surface area (TPSA) is 58.2 Å². The molecular formula is C14H14N2O2S2. The number of nitrogens with one attached hydrogen (secondary N) is 2. The van der Waals surface area contributed by atoms with Crippen molar-refractivity contribution in [2.45, 2.75) is 4.90 Å². The van der Waals surface area contributed by atoms with Crippen LogP contribution in [0.25, 0.3) is 0 Å². The van der Waals surface area contributed by atoms with Crippen molar-refractivity contribution in [3.8, 4) is 0 Å². The Bertz CT molecular complexity index is 580. The van der Waals surface area contributed by atoms with Crippen molar-refractivity contribution in [3.05, 3.63) is 46.7 Å². The molecule has 0 aliphatic heterocycles. The normalized spacial score (nSPS) is 10.1. The number of anilines is 1. The highest BCUT2D eigenvalue weighted by Crippen LogP contribution is 2.17. The molecule has 0 saturated heterocycles. The molecule has 0 fully saturated rings. The predicted octanol–water partition coefficient (Wildman–Crippen LogP) is 2.84. The van der Waals surface area contributed by atoms with Gasteiger partial charge in [0.05, 0.1) is 11.4 Å². The number of thioether (sulfide) groups is 1. The molecule has 0 saturated carbocycles. The van der Waals surface area contributed by atoms with Crippen molar-refractivity contribution >= 4 is 40.6 Å². The molecule has 0 unspecified atom stereocenters. The summed E-state index contributed by atoms with van der Waals surface area (Å²) in [7, 11) is 0. The van der Waals surface area contributed by atoms with Gasteiger partial charge in [-0.2, -0.15) is 0 Å². The molecule has 0 aliphatic rings. The maximum atomic E-state index is 11.7. The Hall–Kier alpha value is -1.79. The van der Waals surface area contributed by atoms with E-state index >= 15 is 0 Å². The van der Waals surface area contributed by atoms with E-state index in [0.717, 1.165) is 10.6 Å². The van der Waals surface area contributed by atoms with E-state index in [1.54, 1.807) is 23.9 Å². The standard InChI is InChI=1S/C14H14N2O2S2/c1-19-11-6-4-10(5-7-11)16-13(17)9-15-14(18)12-3-2-8-20-12/h2-8H,9H2,1H3,(H,15,18)(H,16,17). The molecule has 6 heteroatoms. The number of hydrogen-bond donors (Lipinski definition) is 2. The third-order valence-corrected chi connectivity index (χ3v) is 4.14. The molecular weight excluding hydrogens is 292 g/mol. The van der Waals surface area contributed by atoms with Crippen LogP contribution in [0.5, 0.6) is 0 Å². The van der Waals surface area contributed by atoms with E-state index in [-0.39, 0.29) is 18.4 Å². The van der Waals surface area contributed by atoms with Crippen LogP contribution in [-0.4, -0.2) is 24.6 Å². The van der Waals surface area contributed by atoms with Crippen molar-refractivity contribution in [2.75, 3.05) is 18.1 Å². The minimum Gasteiger partial charge on any atom is -0.342 e. The van der Waals surface area contributed by atoms with Gasteiger partial charge in [0.2, 0.25) is 5.91 Å². The summed E-state index contributed by atoms with van der Waals surface area (Å²) in [6, 6.07) is 11.1. The van der Waals surface area contributed by atoms with Crippen molar-refractivity contribution in [1.29, 1.82) is 0 Å². The maximum Gasteiger partial charge on any atom is 0.261 e. The second kappa shape index (κ2) is 7.12. The molecule has 2 N–H and O–H groups in total.